The number of nitrogens with zero attached hydrogens (tertiary/aromatic N) is 2. The first kappa shape index (κ1) is 25.4. The van der Waals surface area contributed by atoms with E-state index in [0.717, 1.165) is 56.6 Å². The summed E-state index contributed by atoms with van der Waals surface area (Å²) in [5.74, 6) is -0.00365. The van der Waals surface area contributed by atoms with E-state index in [1.54, 1.807) is 19.9 Å². The normalized spacial score (nSPS) is 19.7. The number of rotatable bonds is 10. The zero-order valence-corrected chi connectivity index (χ0v) is 21.0. The molecule has 35 heavy (non-hydrogen) atoms. The maximum Gasteiger partial charge on any atom is 0.326 e. The highest BCUT2D eigenvalue weighted by Crippen LogP contribution is 2.34. The van der Waals surface area contributed by atoms with Crippen LogP contribution in [0.15, 0.2) is 18.2 Å². The van der Waals surface area contributed by atoms with Gasteiger partial charge in [-0.25, -0.2) is 9.78 Å². The van der Waals surface area contributed by atoms with Crippen molar-refractivity contribution in [2.24, 2.45) is 5.92 Å². The Morgan fingerprint density at radius 1 is 1.29 bits per heavy atom. The molecule has 3 heterocycles. The van der Waals surface area contributed by atoms with Crippen LogP contribution in [0.2, 0.25) is 5.02 Å². The molecule has 1 aliphatic carbocycles. The van der Waals surface area contributed by atoms with E-state index in [-0.39, 0.29) is 29.7 Å². The molecule has 2 aromatic heterocycles. The first-order chi connectivity index (χ1) is 16.8. The second kappa shape index (κ2) is 11.4. The maximum atomic E-state index is 12.6. The Labute approximate surface area is 210 Å². The molecule has 0 bridgehead atoms. The molecule has 2 aliphatic rings. The summed E-state index contributed by atoms with van der Waals surface area (Å²) in [6.07, 6.45) is 6.55. The van der Waals surface area contributed by atoms with E-state index in [2.05, 4.69) is 27.8 Å². The van der Waals surface area contributed by atoms with Crippen molar-refractivity contribution in [2.45, 2.75) is 70.9 Å². The molecule has 1 saturated carbocycles. The lowest BCUT2D eigenvalue weighted by Gasteiger charge is -2.35. The molecule has 1 atom stereocenters. The van der Waals surface area contributed by atoms with Crippen LogP contribution >= 0.6 is 11.6 Å². The quantitative estimate of drug-likeness (QED) is 0.450. The van der Waals surface area contributed by atoms with Gasteiger partial charge >= 0.3 is 5.97 Å². The summed E-state index contributed by atoms with van der Waals surface area (Å²) in [7, 11) is 0. The average molecular weight is 501 g/mol. The molecule has 2 aromatic rings. The molecule has 8 nitrogen and oxygen atoms in total. The number of nitrogens with one attached hydrogen (secondary N) is 2. The molecule has 0 saturated heterocycles. The molecule has 0 spiro atoms. The van der Waals surface area contributed by atoms with Gasteiger partial charge in [0.05, 0.1) is 22.4 Å². The number of halogens is 1. The zero-order valence-electron chi connectivity index (χ0n) is 20.3. The molecule has 1 fully saturated rings. The minimum Gasteiger partial charge on any atom is -0.480 e. The summed E-state index contributed by atoms with van der Waals surface area (Å²) >= 11 is 6.19. The van der Waals surface area contributed by atoms with Gasteiger partial charge in [-0.3, -0.25) is 9.78 Å². The van der Waals surface area contributed by atoms with Gasteiger partial charge in [0.2, 0.25) is 0 Å². The average Bonchev–Trinajstić information content (AvgIpc) is 2.78. The van der Waals surface area contributed by atoms with Crippen molar-refractivity contribution in [3.05, 3.63) is 51.4 Å². The highest BCUT2D eigenvalue weighted by molar-refractivity contribution is 6.34. The lowest BCUT2D eigenvalue weighted by Crippen LogP contribution is -2.42. The molecule has 0 unspecified atom stereocenters. The molecule has 3 N–H and O–H groups in total. The van der Waals surface area contributed by atoms with Crippen LogP contribution in [0.5, 0.6) is 0 Å². The number of pyridine rings is 2. The Morgan fingerprint density at radius 3 is 2.83 bits per heavy atom. The van der Waals surface area contributed by atoms with Crippen LogP contribution in [0.4, 0.5) is 5.82 Å². The number of ether oxygens (including phenoxy) is 1. The van der Waals surface area contributed by atoms with Crippen molar-refractivity contribution in [3.8, 4) is 0 Å². The first-order valence-electron chi connectivity index (χ1n) is 12.3. The van der Waals surface area contributed by atoms with Gasteiger partial charge in [-0.2, -0.15) is 0 Å². The van der Waals surface area contributed by atoms with Gasteiger partial charge in [0.25, 0.3) is 5.91 Å². The number of carbonyl (C=O) groups excluding carboxylic acids is 1. The van der Waals surface area contributed by atoms with Gasteiger partial charge in [0.15, 0.2) is 0 Å². The van der Waals surface area contributed by atoms with Gasteiger partial charge in [0.1, 0.15) is 11.9 Å². The van der Waals surface area contributed by atoms with Crippen LogP contribution < -0.4 is 10.6 Å². The van der Waals surface area contributed by atoms with Crippen LogP contribution in [-0.4, -0.2) is 52.2 Å². The predicted octanol–water partition coefficient (Wildman–Crippen LogP) is 4.11. The summed E-state index contributed by atoms with van der Waals surface area (Å²) in [5, 5.41) is 15.8. The van der Waals surface area contributed by atoms with Gasteiger partial charge < -0.3 is 20.5 Å². The van der Waals surface area contributed by atoms with Gasteiger partial charge in [-0.05, 0) is 76.0 Å². The SMILES string of the molecule is Cc1cc(Cl)c(C(=O)N[C@@H](CCOC2CC(CCc3ccc4c(n3)NCCC4)C2)C(=O)O)c(C)n1. The Hall–Kier alpha value is -2.71. The van der Waals surface area contributed by atoms with Crippen molar-refractivity contribution >= 4 is 29.3 Å². The standard InChI is InChI=1S/C26H33ClN4O4/c1-15-12-21(27)23(16(2)29-15)25(32)31-22(26(33)34)9-11-35-20-13-17(14-20)5-7-19-8-6-18-4-3-10-28-24(18)30-19/h6,8,12,17,20,22H,3-5,7,9-11,13-14H2,1-2H3,(H,28,30)(H,31,32)(H,33,34)/t17?,20?,22-/m0/s1. The van der Waals surface area contributed by atoms with Gasteiger partial charge in [0, 0.05) is 31.0 Å². The van der Waals surface area contributed by atoms with Crippen LogP contribution in [0, 0.1) is 19.8 Å². The van der Waals surface area contributed by atoms with Crippen molar-refractivity contribution in [1.82, 2.24) is 15.3 Å². The number of carboxylic acid groups (broad SMARTS) is 1. The highest BCUT2D eigenvalue weighted by Gasteiger charge is 2.30. The Bertz CT molecular complexity index is 1060. The number of carbonyl (C=O) groups is 2. The van der Waals surface area contributed by atoms with Crippen molar-refractivity contribution < 1.29 is 19.4 Å². The second-order valence-corrected chi connectivity index (χ2v) is 9.98. The summed E-state index contributed by atoms with van der Waals surface area (Å²) in [4.78, 5) is 33.3. The third-order valence-electron chi connectivity index (χ3n) is 6.82. The van der Waals surface area contributed by atoms with E-state index in [1.165, 1.54) is 5.56 Å². The van der Waals surface area contributed by atoms with Crippen LogP contribution in [0.3, 0.4) is 0 Å². The van der Waals surface area contributed by atoms with E-state index in [0.29, 0.717) is 17.3 Å². The number of carboxylic acids is 1. The minimum absolute atomic E-state index is 0.140. The fraction of sp³-hybridized carbons (Fsp3) is 0.538. The lowest BCUT2D eigenvalue weighted by molar-refractivity contribution is -0.140. The molecule has 188 valence electrons. The van der Waals surface area contributed by atoms with E-state index >= 15 is 0 Å². The minimum atomic E-state index is -1.10. The highest BCUT2D eigenvalue weighted by atomic mass is 35.5. The fourth-order valence-corrected chi connectivity index (χ4v) is 5.18. The van der Waals surface area contributed by atoms with Gasteiger partial charge in [-0.15, -0.1) is 0 Å². The molecular formula is C26H33ClN4O4. The number of hydrogen-bond donors (Lipinski definition) is 3. The molecule has 1 amide bonds. The van der Waals surface area contributed by atoms with Crippen LogP contribution in [0.1, 0.15) is 65.1 Å². The summed E-state index contributed by atoms with van der Waals surface area (Å²) in [6.45, 7) is 4.73. The summed E-state index contributed by atoms with van der Waals surface area (Å²) < 4.78 is 5.89. The van der Waals surface area contributed by atoms with Crippen molar-refractivity contribution in [1.29, 1.82) is 0 Å². The topological polar surface area (TPSA) is 113 Å². The molecule has 1 aliphatic heterocycles. The van der Waals surface area contributed by atoms with E-state index in [9.17, 15) is 14.7 Å². The third kappa shape index (κ3) is 6.49. The number of hydrogen-bond acceptors (Lipinski definition) is 6. The number of aromatic nitrogens is 2. The summed E-state index contributed by atoms with van der Waals surface area (Å²) in [6, 6.07) is 4.87. The van der Waals surface area contributed by atoms with E-state index < -0.39 is 17.9 Å². The second-order valence-electron chi connectivity index (χ2n) is 9.57. The number of aryl methyl sites for hydroxylation is 4. The van der Waals surface area contributed by atoms with Crippen molar-refractivity contribution in [3.63, 3.8) is 0 Å². The van der Waals surface area contributed by atoms with E-state index in [1.807, 2.05) is 0 Å². The first-order valence-corrected chi connectivity index (χ1v) is 12.7. The van der Waals surface area contributed by atoms with Crippen molar-refractivity contribution in [2.75, 3.05) is 18.5 Å². The molecule has 0 aromatic carbocycles. The molecule has 0 radical (unpaired) electrons. The summed E-state index contributed by atoms with van der Waals surface area (Å²) in [5.41, 5.74) is 3.80. The Kier molecular flexibility index (Phi) is 8.23. The van der Waals surface area contributed by atoms with Gasteiger partial charge in [-0.1, -0.05) is 17.7 Å². The largest absolute Gasteiger partial charge is 0.480 e. The molecular weight excluding hydrogens is 468 g/mol. The Morgan fingerprint density at radius 2 is 2.09 bits per heavy atom. The smallest absolute Gasteiger partial charge is 0.326 e. The van der Waals surface area contributed by atoms with Crippen LogP contribution in [-0.2, 0) is 22.4 Å². The lowest BCUT2D eigenvalue weighted by atomic mass is 9.79. The van der Waals surface area contributed by atoms with E-state index in [4.69, 9.17) is 21.3 Å². The third-order valence-corrected chi connectivity index (χ3v) is 7.12. The number of amides is 1. The maximum absolute atomic E-state index is 12.6. The zero-order chi connectivity index (χ0) is 24.9. The Balaban J connectivity index is 1.18. The monoisotopic (exact) mass is 500 g/mol. The fourth-order valence-electron chi connectivity index (χ4n) is 4.80. The molecule has 4 rings (SSSR count). The number of fused-ring (bicyclic) bond motifs is 1. The molecule has 9 heteroatoms. The number of anilines is 1. The van der Waals surface area contributed by atoms with Crippen LogP contribution in [0.25, 0.3) is 0 Å². The number of aliphatic carboxylic acids is 1. The predicted molar refractivity (Wildman–Crippen MR) is 134 cm³/mol.